The van der Waals surface area contributed by atoms with E-state index in [1.165, 1.54) is 88.4 Å². The first-order valence-corrected chi connectivity index (χ1v) is 31.5. The molecule has 6 heterocycles. The van der Waals surface area contributed by atoms with E-state index < -0.39 is 102 Å². The number of alkyl halides is 12. The van der Waals surface area contributed by atoms with Crippen molar-refractivity contribution in [2.45, 2.75) is 141 Å². The van der Waals surface area contributed by atoms with Gasteiger partial charge in [-0.1, -0.05) is 70.8 Å². The molecule has 4 aliphatic rings. The lowest BCUT2D eigenvalue weighted by atomic mass is 9.84. The quantitative estimate of drug-likeness (QED) is 0.0860. The maximum atomic E-state index is 16.6. The lowest BCUT2D eigenvalue weighted by Gasteiger charge is -2.32. The minimum atomic E-state index is -5.88. The molecule has 2 radical (unpaired) electrons. The molecule has 0 N–H and O–H groups in total. The molecule has 0 atom stereocenters. The number of hydroxylamine groups is 6. The average molecular weight is 1320 g/mol. The van der Waals surface area contributed by atoms with Gasteiger partial charge >= 0.3 is 47.2 Å². The molecule has 0 fully saturated rings. The average Bonchev–Trinajstić information content (AvgIpc) is 1.53. The van der Waals surface area contributed by atoms with Gasteiger partial charge in [0.1, 0.15) is 11.1 Å². The van der Waals surface area contributed by atoms with Crippen LogP contribution in [0.4, 0.5) is 52.7 Å². The lowest BCUT2D eigenvalue weighted by Crippen LogP contribution is -2.53. The van der Waals surface area contributed by atoms with Gasteiger partial charge in [-0.25, -0.2) is 0 Å². The molecule has 468 valence electrons. The second kappa shape index (κ2) is 18.9. The minimum Gasteiger partial charge on any atom is -0.714 e. The Bertz CT molecular complexity index is 4510. The zero-order chi connectivity index (χ0) is 65.6. The van der Waals surface area contributed by atoms with Crippen LogP contribution in [-0.2, 0) is 10.4 Å². The summed E-state index contributed by atoms with van der Waals surface area (Å²) in [6.07, 6.45) is 0. The summed E-state index contributed by atoms with van der Waals surface area (Å²) < 4.78 is 198. The normalized spacial score (nSPS) is 21.8. The summed E-state index contributed by atoms with van der Waals surface area (Å²) >= 11 is 3.60. The number of allylic oxidation sites excluding steroid dienone is 4. The second-order valence-corrected chi connectivity index (χ2v) is 30.6. The summed E-state index contributed by atoms with van der Waals surface area (Å²) in [6.45, 7) is 18.1. The molecular formula is C66H52F12N4O4S4. The van der Waals surface area contributed by atoms with Crippen LogP contribution in [0.1, 0.15) is 108 Å². The highest BCUT2D eigenvalue weighted by Gasteiger charge is 2.82. The number of halogens is 12. The fourth-order valence-electron chi connectivity index (χ4n) is 13.1. The van der Waals surface area contributed by atoms with Crippen LogP contribution in [0.25, 0.3) is 84.9 Å². The highest BCUT2D eigenvalue weighted by Crippen LogP contribution is 2.69. The van der Waals surface area contributed by atoms with Crippen molar-refractivity contribution in [3.05, 3.63) is 160 Å². The number of hydrogen-bond donors (Lipinski definition) is 0. The predicted octanol–water partition coefficient (Wildman–Crippen LogP) is 19.7. The lowest BCUT2D eigenvalue weighted by molar-refractivity contribution is -0.539. The van der Waals surface area contributed by atoms with Crippen LogP contribution in [0, 0.1) is 38.1 Å². The number of aryl methyl sites for hydroxylation is 4. The van der Waals surface area contributed by atoms with Crippen LogP contribution >= 0.6 is 45.3 Å². The van der Waals surface area contributed by atoms with Crippen molar-refractivity contribution in [1.29, 1.82) is 0 Å². The summed E-state index contributed by atoms with van der Waals surface area (Å²) in [4.78, 5) is 0.126. The standard InChI is InChI=1S/C66H52F12N4O4S4/c1-29-47(51-53(63(71,72)65(75,76)61(51,67)68)49-31(3)89-45-27-37(19-23-41(45)49)55-79(83)57(5,6)58(7,8)80(55)84)39-21-17-35(25-43(39)87-29)33-13-15-34(16-14-33)36-18-22-40-44(26-36)88-30(2)48(40)52-54(64(73,74)66(77,78)62(52,69)70)50-32(4)90-46-28-38(20-24-42(46)50)56-81(85)59(9,10)60(11,12)82(56)86/h13-28H,1-12H3. The number of hydrogen-bond acceptors (Lipinski definition) is 8. The van der Waals surface area contributed by atoms with Gasteiger partial charge in [-0.15, -0.1) is 45.3 Å². The van der Waals surface area contributed by atoms with Gasteiger partial charge in [0.2, 0.25) is 0 Å². The Morgan fingerprint density at radius 1 is 0.344 bits per heavy atom. The fourth-order valence-corrected chi connectivity index (χ4v) is 17.5. The molecule has 0 saturated heterocycles. The Labute approximate surface area is 522 Å². The van der Waals surface area contributed by atoms with Gasteiger partial charge in [-0.05, 0) is 142 Å². The van der Waals surface area contributed by atoms with E-state index in [0.29, 0.717) is 51.3 Å². The number of nitrogens with zero attached hydrogens (tertiary/aromatic N) is 4. The zero-order valence-corrected chi connectivity index (χ0v) is 53.1. The van der Waals surface area contributed by atoms with Gasteiger partial charge in [0.15, 0.2) is 11.1 Å². The summed E-state index contributed by atoms with van der Waals surface area (Å²) in [5, 5.41) is 55.1. The SMILES string of the molecule is Cc1sc2cc(C3=[N+]([O-])C(C)(C)C(C)(C)N3[O])ccc2c1C1=C(c2c(C)sc3cc(-c4ccc(-c5ccc6c(C7=C(c8c(C)sc9cc(C%10=[N+]([O-])C(C)(C)C(C)(C)N%10[O])ccc89)C(F)(F)C(F)(F)C7(F)F)c(C)sc6c5)cc4)ccc23)C(F)(F)C(F)(F)C1(F)F. The van der Waals surface area contributed by atoms with Crippen molar-refractivity contribution >= 4 is 120 Å². The first-order valence-electron chi connectivity index (χ1n) is 28.2. The van der Waals surface area contributed by atoms with Crippen molar-refractivity contribution in [1.82, 2.24) is 10.1 Å². The third-order valence-electron chi connectivity index (χ3n) is 19.7. The Morgan fingerprint density at radius 3 is 0.778 bits per heavy atom. The molecule has 9 aromatic rings. The third-order valence-corrected chi connectivity index (χ3v) is 23.9. The molecule has 5 aromatic carbocycles. The number of fused-ring (bicyclic) bond motifs is 4. The number of rotatable bonds is 8. The fraction of sp³-hybridized carbons (Fsp3) is 0.333. The number of benzene rings is 5. The maximum Gasteiger partial charge on any atom is 0.380 e. The van der Waals surface area contributed by atoms with Gasteiger partial charge in [-0.3, -0.25) is 9.48 Å². The molecule has 2 aliphatic heterocycles. The summed E-state index contributed by atoms with van der Waals surface area (Å²) in [5.41, 5.74) is -10.6. The van der Waals surface area contributed by atoms with Crippen molar-refractivity contribution in [2.75, 3.05) is 0 Å². The van der Waals surface area contributed by atoms with Crippen LogP contribution in [0.5, 0.6) is 0 Å². The van der Waals surface area contributed by atoms with Crippen molar-refractivity contribution in [3.63, 3.8) is 0 Å². The van der Waals surface area contributed by atoms with E-state index in [9.17, 15) is 20.8 Å². The van der Waals surface area contributed by atoms with Gasteiger partial charge in [0.25, 0.3) is 0 Å². The molecule has 13 rings (SSSR count). The topological polar surface area (TPSA) is 98.4 Å². The smallest absolute Gasteiger partial charge is 0.380 e. The largest absolute Gasteiger partial charge is 0.714 e. The first-order chi connectivity index (χ1) is 41.5. The predicted molar refractivity (Wildman–Crippen MR) is 331 cm³/mol. The van der Waals surface area contributed by atoms with E-state index in [-0.39, 0.29) is 73.3 Å². The highest BCUT2D eigenvalue weighted by molar-refractivity contribution is 7.20. The number of amidine groups is 2. The van der Waals surface area contributed by atoms with E-state index in [2.05, 4.69) is 0 Å². The molecule has 0 amide bonds. The van der Waals surface area contributed by atoms with Crippen molar-refractivity contribution < 1.29 is 72.6 Å². The second-order valence-electron chi connectivity index (χ2n) is 25.6. The van der Waals surface area contributed by atoms with Crippen LogP contribution in [-0.4, -0.2) is 89.0 Å². The monoisotopic (exact) mass is 1320 g/mol. The summed E-state index contributed by atoms with van der Waals surface area (Å²) in [6, 6.07) is 23.8. The Kier molecular flexibility index (Phi) is 13.0. The Balaban J connectivity index is 0.853. The molecule has 90 heavy (non-hydrogen) atoms. The van der Waals surface area contributed by atoms with Crippen LogP contribution in [0.3, 0.4) is 0 Å². The van der Waals surface area contributed by atoms with Gasteiger partial charge in [-0.2, -0.15) is 52.7 Å². The van der Waals surface area contributed by atoms with Crippen LogP contribution in [0.2, 0.25) is 0 Å². The van der Waals surface area contributed by atoms with Crippen LogP contribution in [0.15, 0.2) is 97.1 Å². The van der Waals surface area contributed by atoms with E-state index in [0.717, 1.165) is 45.3 Å². The molecule has 0 saturated carbocycles. The Morgan fingerprint density at radius 2 is 0.556 bits per heavy atom. The van der Waals surface area contributed by atoms with Crippen molar-refractivity contribution in [3.8, 4) is 22.3 Å². The van der Waals surface area contributed by atoms with E-state index in [4.69, 9.17) is 0 Å². The van der Waals surface area contributed by atoms with Gasteiger partial charge in [0, 0.05) is 115 Å². The molecule has 2 aliphatic carbocycles. The molecule has 4 aromatic heterocycles. The third kappa shape index (κ3) is 7.62. The van der Waals surface area contributed by atoms with Crippen molar-refractivity contribution in [2.24, 2.45) is 0 Å². The first kappa shape index (κ1) is 61.9. The molecule has 0 bridgehead atoms. The van der Waals surface area contributed by atoms with Crippen LogP contribution < -0.4 is 0 Å². The molecule has 0 unspecified atom stereocenters. The van der Waals surface area contributed by atoms with Gasteiger partial charge in [0.05, 0.1) is 11.1 Å². The number of thiophene rings is 4. The zero-order valence-electron chi connectivity index (χ0n) is 49.8. The van der Waals surface area contributed by atoms with Gasteiger partial charge < -0.3 is 10.4 Å². The minimum absolute atomic E-state index is 0.00667. The van der Waals surface area contributed by atoms with E-state index in [1.54, 1.807) is 91.8 Å². The molecule has 24 heteroatoms. The Hall–Kier alpha value is -6.96. The van der Waals surface area contributed by atoms with E-state index in [1.807, 2.05) is 0 Å². The molecule has 8 nitrogen and oxygen atoms in total. The summed E-state index contributed by atoms with van der Waals surface area (Å²) in [5.74, 6) is -33.8. The molecular weight excluding hydrogens is 1270 g/mol. The summed E-state index contributed by atoms with van der Waals surface area (Å²) in [7, 11) is 0. The highest BCUT2D eigenvalue weighted by atomic mass is 32.1. The maximum absolute atomic E-state index is 16.6. The van der Waals surface area contributed by atoms with E-state index >= 15 is 52.7 Å². The molecule has 0 spiro atoms.